The monoisotopic (exact) mass is 168 g/mol. The van der Waals surface area contributed by atoms with E-state index in [1.807, 2.05) is 7.11 Å². The van der Waals surface area contributed by atoms with Gasteiger partial charge in [0, 0.05) is 7.11 Å². The molecule has 3 unspecified atom stereocenters. The first-order valence-corrected chi connectivity index (χ1v) is 5.10. The molecule has 70 valence electrons. The van der Waals surface area contributed by atoms with E-state index < -0.39 is 0 Å². The van der Waals surface area contributed by atoms with E-state index in [-0.39, 0.29) is 0 Å². The summed E-state index contributed by atoms with van der Waals surface area (Å²) < 4.78 is 5.50. The van der Waals surface area contributed by atoms with Crippen molar-refractivity contribution in [3.05, 3.63) is 0 Å². The molecule has 0 heterocycles. The molecule has 3 saturated carbocycles. The molecule has 3 aliphatic rings. The number of hydrogen-bond donors (Lipinski definition) is 0. The summed E-state index contributed by atoms with van der Waals surface area (Å²) in [5.74, 6) is 2.62. The van der Waals surface area contributed by atoms with Gasteiger partial charge in [-0.2, -0.15) is 0 Å². The summed E-state index contributed by atoms with van der Waals surface area (Å²) in [6, 6.07) is 0. The lowest BCUT2D eigenvalue weighted by Crippen LogP contribution is -2.57. The number of fused-ring (bicyclic) bond motifs is 2. The first-order valence-electron chi connectivity index (χ1n) is 5.10. The molecule has 3 aliphatic carbocycles. The molecule has 0 aromatic carbocycles. The van der Waals surface area contributed by atoms with Gasteiger partial charge in [0.1, 0.15) is 0 Å². The highest BCUT2D eigenvalue weighted by Crippen LogP contribution is 2.61. The molecule has 4 atom stereocenters. The second-order valence-corrected chi connectivity index (χ2v) is 5.23. The van der Waals surface area contributed by atoms with Crippen molar-refractivity contribution in [2.45, 2.75) is 39.7 Å². The average Bonchev–Trinajstić information content (AvgIpc) is 2.03. The Hall–Kier alpha value is -0.0400. The van der Waals surface area contributed by atoms with Gasteiger partial charge in [-0.25, -0.2) is 0 Å². The zero-order chi connectivity index (χ0) is 8.93. The maximum Gasteiger partial charge on any atom is 0.0602 e. The molecule has 0 aromatic heterocycles. The van der Waals surface area contributed by atoms with Crippen LogP contribution in [-0.4, -0.2) is 13.2 Å². The van der Waals surface area contributed by atoms with E-state index in [0.717, 1.165) is 17.8 Å². The zero-order valence-corrected chi connectivity index (χ0v) is 8.63. The van der Waals surface area contributed by atoms with E-state index in [1.165, 1.54) is 12.8 Å². The minimum absolute atomic E-state index is 0.543. The normalized spacial score (nSPS) is 50.0. The summed E-state index contributed by atoms with van der Waals surface area (Å²) >= 11 is 0. The summed E-state index contributed by atoms with van der Waals surface area (Å²) in [7, 11) is 1.86. The quantitative estimate of drug-likeness (QED) is 0.585. The summed E-state index contributed by atoms with van der Waals surface area (Å²) in [6.07, 6.45) is 3.29. The van der Waals surface area contributed by atoms with Crippen LogP contribution in [0.25, 0.3) is 0 Å². The van der Waals surface area contributed by atoms with Gasteiger partial charge in [0.25, 0.3) is 0 Å². The maximum atomic E-state index is 5.50. The van der Waals surface area contributed by atoms with E-state index in [9.17, 15) is 0 Å². The van der Waals surface area contributed by atoms with E-state index >= 15 is 0 Å². The van der Waals surface area contributed by atoms with Crippen LogP contribution in [0.3, 0.4) is 0 Å². The minimum atomic E-state index is 0.543. The fourth-order valence-electron chi connectivity index (χ4n) is 3.41. The fourth-order valence-corrected chi connectivity index (χ4v) is 3.41. The van der Waals surface area contributed by atoms with Gasteiger partial charge in [-0.3, -0.25) is 0 Å². The van der Waals surface area contributed by atoms with E-state index in [4.69, 9.17) is 4.74 Å². The van der Waals surface area contributed by atoms with Crippen LogP contribution in [0.2, 0.25) is 0 Å². The SMILES string of the molecule is CO[C@@H]1CC2CC(C1C)C2(C)C. The number of methoxy groups -OCH3 is 1. The first kappa shape index (κ1) is 8.55. The molecular weight excluding hydrogens is 148 g/mol. The lowest BCUT2D eigenvalue weighted by molar-refractivity contribution is -0.163. The van der Waals surface area contributed by atoms with Crippen LogP contribution in [0.5, 0.6) is 0 Å². The van der Waals surface area contributed by atoms with Crippen LogP contribution in [0.15, 0.2) is 0 Å². The molecule has 0 aliphatic heterocycles. The van der Waals surface area contributed by atoms with Crippen molar-refractivity contribution in [3.8, 4) is 0 Å². The minimum Gasteiger partial charge on any atom is -0.381 e. The van der Waals surface area contributed by atoms with Crippen molar-refractivity contribution in [1.82, 2.24) is 0 Å². The van der Waals surface area contributed by atoms with Gasteiger partial charge in [0.15, 0.2) is 0 Å². The Morgan fingerprint density at radius 2 is 1.92 bits per heavy atom. The van der Waals surface area contributed by atoms with E-state index in [2.05, 4.69) is 20.8 Å². The molecule has 3 fully saturated rings. The zero-order valence-electron chi connectivity index (χ0n) is 8.63. The van der Waals surface area contributed by atoms with Crippen LogP contribution in [0, 0.1) is 23.2 Å². The Balaban J connectivity index is 2.11. The summed E-state index contributed by atoms with van der Waals surface area (Å²) in [6.45, 7) is 7.21. The predicted octanol–water partition coefficient (Wildman–Crippen LogP) is 2.70. The van der Waals surface area contributed by atoms with Gasteiger partial charge >= 0.3 is 0 Å². The molecule has 12 heavy (non-hydrogen) atoms. The molecule has 1 nitrogen and oxygen atoms in total. The van der Waals surface area contributed by atoms with Crippen molar-refractivity contribution in [2.75, 3.05) is 7.11 Å². The van der Waals surface area contributed by atoms with Crippen LogP contribution in [-0.2, 0) is 4.74 Å². The third kappa shape index (κ3) is 0.891. The lowest BCUT2D eigenvalue weighted by atomic mass is 9.45. The standard InChI is InChI=1S/C11H20O/c1-7-9-5-8(11(9,2)3)6-10(7)12-4/h7-10H,5-6H2,1-4H3/t7?,8?,9?,10-/m1/s1. The van der Waals surface area contributed by atoms with E-state index in [0.29, 0.717) is 11.5 Å². The summed E-state index contributed by atoms with van der Waals surface area (Å²) in [5, 5.41) is 0. The van der Waals surface area contributed by atoms with Crippen molar-refractivity contribution < 1.29 is 4.74 Å². The van der Waals surface area contributed by atoms with Crippen LogP contribution in [0.1, 0.15) is 33.6 Å². The highest BCUT2D eigenvalue weighted by molar-refractivity contribution is 5.05. The topological polar surface area (TPSA) is 9.23 Å². The van der Waals surface area contributed by atoms with Gasteiger partial charge in [0.2, 0.25) is 0 Å². The highest BCUT2D eigenvalue weighted by atomic mass is 16.5. The second kappa shape index (κ2) is 2.47. The fraction of sp³-hybridized carbons (Fsp3) is 1.00. The molecule has 0 radical (unpaired) electrons. The Morgan fingerprint density at radius 1 is 1.25 bits per heavy atom. The third-order valence-electron chi connectivity index (χ3n) is 4.59. The maximum absolute atomic E-state index is 5.50. The highest BCUT2D eigenvalue weighted by Gasteiger charge is 2.56. The van der Waals surface area contributed by atoms with Crippen LogP contribution < -0.4 is 0 Å². The number of hydrogen-bond acceptors (Lipinski definition) is 1. The molecule has 2 bridgehead atoms. The van der Waals surface area contributed by atoms with Crippen LogP contribution in [0.4, 0.5) is 0 Å². The first-order chi connectivity index (χ1) is 5.57. The van der Waals surface area contributed by atoms with Gasteiger partial charge in [-0.15, -0.1) is 0 Å². The van der Waals surface area contributed by atoms with Gasteiger partial charge in [0.05, 0.1) is 6.10 Å². The van der Waals surface area contributed by atoms with Crippen LogP contribution >= 0.6 is 0 Å². The van der Waals surface area contributed by atoms with Gasteiger partial charge in [-0.1, -0.05) is 20.8 Å². The van der Waals surface area contributed by atoms with Gasteiger partial charge < -0.3 is 4.74 Å². The van der Waals surface area contributed by atoms with Crippen molar-refractivity contribution in [2.24, 2.45) is 23.2 Å². The van der Waals surface area contributed by atoms with E-state index in [1.54, 1.807) is 0 Å². The Bertz CT molecular complexity index is 185. The summed E-state index contributed by atoms with van der Waals surface area (Å²) in [5.41, 5.74) is 0.606. The average molecular weight is 168 g/mol. The summed E-state index contributed by atoms with van der Waals surface area (Å²) in [4.78, 5) is 0. The molecular formula is C11H20O. The van der Waals surface area contributed by atoms with Gasteiger partial charge in [-0.05, 0) is 36.0 Å². The Labute approximate surface area is 75.5 Å². The van der Waals surface area contributed by atoms with Crippen molar-refractivity contribution in [1.29, 1.82) is 0 Å². The molecule has 0 saturated heterocycles. The number of ether oxygens (including phenoxy) is 1. The lowest BCUT2D eigenvalue weighted by Gasteiger charge is -2.61. The predicted molar refractivity (Wildman–Crippen MR) is 50.0 cm³/mol. The largest absolute Gasteiger partial charge is 0.381 e. The molecule has 0 amide bonds. The smallest absolute Gasteiger partial charge is 0.0602 e. The third-order valence-corrected chi connectivity index (χ3v) is 4.59. The molecule has 0 N–H and O–H groups in total. The molecule has 1 heteroatoms. The Kier molecular flexibility index (Phi) is 1.76. The second-order valence-electron chi connectivity index (χ2n) is 5.23. The molecule has 3 rings (SSSR count). The Morgan fingerprint density at radius 3 is 2.33 bits per heavy atom. The van der Waals surface area contributed by atoms with Crippen molar-refractivity contribution >= 4 is 0 Å². The van der Waals surface area contributed by atoms with Crippen molar-refractivity contribution in [3.63, 3.8) is 0 Å². The number of rotatable bonds is 1. The molecule has 0 aromatic rings. The molecule has 0 spiro atoms.